The second kappa shape index (κ2) is 8.88. The summed E-state index contributed by atoms with van der Waals surface area (Å²) >= 11 is 0. The Morgan fingerprint density at radius 1 is 1.35 bits per heavy atom. The first-order chi connectivity index (χ1) is 12.7. The number of fused-ring (bicyclic) bond motifs is 1. The van der Waals surface area contributed by atoms with Gasteiger partial charge in [-0.25, -0.2) is 0 Å². The first kappa shape index (κ1) is 19.2. The molecule has 144 valence electrons. The van der Waals surface area contributed by atoms with E-state index in [4.69, 9.17) is 4.74 Å². The fraction of sp³-hybridized carbons (Fsp3) is 0.727. The molecular formula is C22H33NO3. The minimum absolute atomic E-state index is 0.242. The van der Waals surface area contributed by atoms with Gasteiger partial charge in [0.1, 0.15) is 0 Å². The van der Waals surface area contributed by atoms with E-state index in [9.17, 15) is 9.59 Å². The Labute approximate surface area is 157 Å². The highest BCUT2D eigenvalue weighted by Gasteiger charge is 2.36. The molecule has 0 N–H and O–H groups in total. The highest BCUT2D eigenvalue weighted by atomic mass is 16.5. The van der Waals surface area contributed by atoms with Gasteiger partial charge in [-0.05, 0) is 37.2 Å². The number of hydrogen-bond donors (Lipinski definition) is 0. The molecule has 0 aromatic heterocycles. The third kappa shape index (κ3) is 4.39. The minimum atomic E-state index is 0.242. The maximum absolute atomic E-state index is 12.0. The van der Waals surface area contributed by atoms with Gasteiger partial charge in [0.05, 0.1) is 6.61 Å². The van der Waals surface area contributed by atoms with E-state index in [0.29, 0.717) is 31.3 Å². The van der Waals surface area contributed by atoms with Gasteiger partial charge < -0.3 is 9.64 Å². The van der Waals surface area contributed by atoms with Crippen molar-refractivity contribution in [2.75, 3.05) is 19.7 Å². The van der Waals surface area contributed by atoms with Gasteiger partial charge in [-0.2, -0.15) is 0 Å². The number of unbranched alkanes of at least 4 members (excludes halogenated alkanes) is 1. The Morgan fingerprint density at radius 2 is 2.15 bits per heavy atom. The van der Waals surface area contributed by atoms with Crippen molar-refractivity contribution in [3.8, 4) is 0 Å². The van der Waals surface area contributed by atoms with Gasteiger partial charge in [-0.15, -0.1) is 0 Å². The van der Waals surface area contributed by atoms with Crippen molar-refractivity contribution in [3.63, 3.8) is 0 Å². The lowest BCUT2D eigenvalue weighted by atomic mass is 9.79. The predicted molar refractivity (Wildman–Crippen MR) is 102 cm³/mol. The van der Waals surface area contributed by atoms with Gasteiger partial charge >= 0.3 is 0 Å². The molecular weight excluding hydrogens is 326 g/mol. The second-order valence-electron chi connectivity index (χ2n) is 8.38. The Morgan fingerprint density at radius 3 is 2.88 bits per heavy atom. The van der Waals surface area contributed by atoms with E-state index in [0.717, 1.165) is 13.1 Å². The number of carbonyl (C=O) groups is 2. The Hall–Kier alpha value is -1.58. The van der Waals surface area contributed by atoms with Crippen molar-refractivity contribution in [1.82, 2.24) is 4.90 Å². The molecule has 1 heterocycles. The van der Waals surface area contributed by atoms with Gasteiger partial charge in [0, 0.05) is 30.8 Å². The topological polar surface area (TPSA) is 46.6 Å². The Kier molecular flexibility index (Phi) is 6.55. The lowest BCUT2D eigenvalue weighted by Crippen LogP contribution is -2.28. The standard InChI is InChI=1S/C22H33NO3/c1-2-21(25)23-14-19-10-7-9-18(20(19)15-23)8-3-4-11-22(16-26-17-24)12-5-6-13-22/h7,9-10,17-18,20H,2-6,8,11-16H2,1H3. The summed E-state index contributed by atoms with van der Waals surface area (Å²) in [6.07, 6.45) is 17.1. The fourth-order valence-electron chi connectivity index (χ4n) is 5.19. The molecule has 2 aliphatic carbocycles. The zero-order chi connectivity index (χ0) is 18.4. The number of likely N-dealkylation sites (tertiary alicyclic amines) is 1. The van der Waals surface area contributed by atoms with Gasteiger partial charge in [-0.1, -0.05) is 50.8 Å². The first-order valence-electron chi connectivity index (χ1n) is 10.4. The number of carbonyl (C=O) groups excluding carboxylic acids is 2. The number of ether oxygens (including phenoxy) is 1. The average molecular weight is 360 g/mol. The molecule has 1 saturated heterocycles. The van der Waals surface area contributed by atoms with Crippen LogP contribution < -0.4 is 0 Å². The van der Waals surface area contributed by atoms with Crippen LogP contribution >= 0.6 is 0 Å². The Bertz CT molecular complexity index is 560. The normalized spacial score (nSPS) is 26.5. The molecule has 0 bridgehead atoms. The lowest BCUT2D eigenvalue weighted by molar-refractivity contribution is -0.132. The van der Waals surface area contributed by atoms with Crippen LogP contribution in [0.2, 0.25) is 0 Å². The van der Waals surface area contributed by atoms with Gasteiger partial charge in [0.2, 0.25) is 5.91 Å². The molecule has 26 heavy (non-hydrogen) atoms. The first-order valence-corrected chi connectivity index (χ1v) is 10.4. The van der Waals surface area contributed by atoms with Crippen LogP contribution in [0.25, 0.3) is 0 Å². The van der Waals surface area contributed by atoms with Crippen molar-refractivity contribution in [1.29, 1.82) is 0 Å². The highest BCUT2D eigenvalue weighted by Crippen LogP contribution is 2.43. The van der Waals surface area contributed by atoms with Crippen LogP contribution in [0, 0.1) is 17.3 Å². The van der Waals surface area contributed by atoms with Crippen LogP contribution in [0.3, 0.4) is 0 Å². The fourth-order valence-corrected chi connectivity index (χ4v) is 5.19. The summed E-state index contributed by atoms with van der Waals surface area (Å²) in [7, 11) is 0. The van der Waals surface area contributed by atoms with Gasteiger partial charge in [0.15, 0.2) is 0 Å². The third-order valence-corrected chi connectivity index (χ3v) is 6.72. The summed E-state index contributed by atoms with van der Waals surface area (Å²) < 4.78 is 5.13. The van der Waals surface area contributed by atoms with Crippen molar-refractivity contribution in [3.05, 3.63) is 23.8 Å². The van der Waals surface area contributed by atoms with Crippen molar-refractivity contribution in [2.45, 2.75) is 64.7 Å². The zero-order valence-corrected chi connectivity index (χ0v) is 16.1. The smallest absolute Gasteiger partial charge is 0.293 e. The molecule has 2 unspecified atom stereocenters. The third-order valence-electron chi connectivity index (χ3n) is 6.72. The molecule has 2 atom stereocenters. The number of rotatable bonds is 9. The minimum Gasteiger partial charge on any atom is -0.467 e. The molecule has 0 aromatic carbocycles. The summed E-state index contributed by atoms with van der Waals surface area (Å²) in [6, 6.07) is 0. The number of nitrogens with zero attached hydrogens (tertiary/aromatic N) is 1. The van der Waals surface area contributed by atoms with Crippen molar-refractivity contribution >= 4 is 12.4 Å². The molecule has 1 amide bonds. The molecule has 4 nitrogen and oxygen atoms in total. The van der Waals surface area contributed by atoms with Crippen molar-refractivity contribution < 1.29 is 14.3 Å². The second-order valence-corrected chi connectivity index (χ2v) is 8.38. The van der Waals surface area contributed by atoms with E-state index >= 15 is 0 Å². The van der Waals surface area contributed by atoms with E-state index in [-0.39, 0.29) is 11.3 Å². The number of allylic oxidation sites excluding steroid dienone is 3. The summed E-state index contributed by atoms with van der Waals surface area (Å²) in [6.45, 7) is 4.87. The molecule has 1 aliphatic heterocycles. The van der Waals surface area contributed by atoms with E-state index in [1.807, 2.05) is 11.8 Å². The lowest BCUT2D eigenvalue weighted by Gasteiger charge is -2.28. The Balaban J connectivity index is 1.46. The molecule has 1 saturated carbocycles. The SMILES string of the molecule is CCC(=O)N1CC2=CC=CC(CCCCC3(COC=O)CCCC3)C2C1. The molecule has 0 radical (unpaired) electrons. The highest BCUT2D eigenvalue weighted by molar-refractivity contribution is 5.76. The van der Waals surface area contributed by atoms with Crippen LogP contribution in [-0.4, -0.2) is 37.0 Å². The summed E-state index contributed by atoms with van der Waals surface area (Å²) in [5, 5.41) is 0. The van der Waals surface area contributed by atoms with E-state index in [1.165, 1.54) is 56.9 Å². The summed E-state index contributed by atoms with van der Waals surface area (Å²) in [5.41, 5.74) is 1.68. The molecule has 4 heteroatoms. The van der Waals surface area contributed by atoms with Crippen LogP contribution in [0.4, 0.5) is 0 Å². The number of amides is 1. The maximum Gasteiger partial charge on any atom is 0.293 e. The average Bonchev–Trinajstić information content (AvgIpc) is 3.30. The van der Waals surface area contributed by atoms with Crippen molar-refractivity contribution in [2.24, 2.45) is 17.3 Å². The number of hydrogen-bond acceptors (Lipinski definition) is 3. The van der Waals surface area contributed by atoms with E-state index in [2.05, 4.69) is 18.2 Å². The molecule has 0 aromatic rings. The monoisotopic (exact) mass is 359 g/mol. The molecule has 3 rings (SSSR count). The molecule has 0 spiro atoms. The van der Waals surface area contributed by atoms with Crippen LogP contribution in [0.5, 0.6) is 0 Å². The zero-order valence-electron chi connectivity index (χ0n) is 16.1. The van der Waals surface area contributed by atoms with E-state index < -0.39 is 0 Å². The summed E-state index contributed by atoms with van der Waals surface area (Å²) in [4.78, 5) is 24.6. The van der Waals surface area contributed by atoms with E-state index in [1.54, 1.807) is 0 Å². The van der Waals surface area contributed by atoms with Crippen LogP contribution in [0.15, 0.2) is 23.8 Å². The maximum atomic E-state index is 12.0. The van der Waals surface area contributed by atoms with Gasteiger partial charge in [-0.3, -0.25) is 9.59 Å². The molecule has 3 aliphatic rings. The van der Waals surface area contributed by atoms with Crippen LogP contribution in [-0.2, 0) is 14.3 Å². The predicted octanol–water partition coefficient (Wildman–Crippen LogP) is 4.26. The van der Waals surface area contributed by atoms with Gasteiger partial charge in [0.25, 0.3) is 6.47 Å². The largest absolute Gasteiger partial charge is 0.467 e. The summed E-state index contributed by atoms with van der Waals surface area (Å²) in [5.74, 6) is 1.36. The molecule has 2 fully saturated rings. The quantitative estimate of drug-likeness (QED) is 0.456. The van der Waals surface area contributed by atoms with Crippen LogP contribution in [0.1, 0.15) is 64.7 Å².